The van der Waals surface area contributed by atoms with Gasteiger partial charge in [-0.2, -0.15) is 0 Å². The fraction of sp³-hybridized carbons (Fsp3) is 0.412. The van der Waals surface area contributed by atoms with Gasteiger partial charge in [-0.1, -0.05) is 29.4 Å². The molecule has 2 rings (SSSR count). The Morgan fingerprint density at radius 2 is 1.86 bits per heavy atom. The maximum Gasteiger partial charge on any atom is 0.269 e. The molecule has 0 aliphatic heterocycles. The Balaban J connectivity index is 2.45. The van der Waals surface area contributed by atoms with Gasteiger partial charge >= 0.3 is 0 Å². The molecule has 11 heteroatoms. The molecule has 0 aliphatic rings. The van der Waals surface area contributed by atoms with E-state index in [1.54, 1.807) is 0 Å². The molecule has 1 unspecified atom stereocenters. The van der Waals surface area contributed by atoms with Crippen molar-refractivity contribution in [2.24, 2.45) is 0 Å². The molecule has 2 aromatic rings. The first-order valence-electron chi connectivity index (χ1n) is 8.47. The van der Waals surface area contributed by atoms with Crippen molar-refractivity contribution in [2.45, 2.75) is 37.6 Å². The van der Waals surface area contributed by atoms with Gasteiger partial charge in [0.05, 0.1) is 17.8 Å². The molecule has 28 heavy (non-hydrogen) atoms. The molecule has 0 fully saturated rings. The van der Waals surface area contributed by atoms with Crippen molar-refractivity contribution in [2.75, 3.05) is 24.8 Å². The molecule has 2 aromatic carbocycles. The molecular weight excluding hydrogens is 410 g/mol. The summed E-state index contributed by atoms with van der Waals surface area (Å²) >= 11 is 5.96. The average molecular weight is 432 g/mol. The van der Waals surface area contributed by atoms with Crippen LogP contribution in [-0.4, -0.2) is 38.2 Å². The van der Waals surface area contributed by atoms with Gasteiger partial charge in [0.15, 0.2) is 5.75 Å². The number of phenolic OH excluding ortho intramolecular Hbond substituents is 1. The number of rotatable bonds is 9. The number of phenols is 1. The lowest BCUT2D eigenvalue weighted by atomic mass is 10.1. The summed E-state index contributed by atoms with van der Waals surface area (Å²) in [4.78, 5) is 27.9. The van der Waals surface area contributed by atoms with Gasteiger partial charge in [0.1, 0.15) is 16.3 Å². The zero-order chi connectivity index (χ0) is 21.2. The smallest absolute Gasteiger partial charge is 0.269 e. The number of nitrogens with zero attached hydrogens (tertiary/aromatic N) is 1. The summed E-state index contributed by atoms with van der Waals surface area (Å²) in [5, 5.41) is 15.8. The minimum Gasteiger partial charge on any atom is -0.504 e. The molecule has 0 radical (unpaired) electrons. The molecule has 0 heterocycles. The highest BCUT2D eigenvalue weighted by atomic mass is 35.5. The highest BCUT2D eigenvalue weighted by Gasteiger charge is 2.30. The number of benzene rings is 1. The molecule has 0 aromatic heterocycles. The normalized spacial score (nSPS) is 13.1. The third kappa shape index (κ3) is 4.00. The van der Waals surface area contributed by atoms with Gasteiger partial charge < -0.3 is 15.7 Å². The van der Waals surface area contributed by atoms with Crippen molar-refractivity contribution in [1.82, 2.24) is 4.47 Å². The zero-order valence-electron chi connectivity index (χ0n) is 15.9. The highest BCUT2D eigenvalue weighted by Crippen LogP contribution is 2.39. The average Bonchev–Trinajstić information content (AvgIpc) is 2.65. The minimum absolute atomic E-state index is 0.0426. The van der Waals surface area contributed by atoms with Gasteiger partial charge in [-0.25, -0.2) is 8.42 Å². The summed E-state index contributed by atoms with van der Waals surface area (Å²) < 4.78 is 25.6. The van der Waals surface area contributed by atoms with Gasteiger partial charge in [-0.3, -0.25) is 14.4 Å². The molecule has 0 amide bonds. The Morgan fingerprint density at radius 1 is 1.25 bits per heavy atom. The third-order valence-electron chi connectivity index (χ3n) is 4.22. The van der Waals surface area contributed by atoms with E-state index in [0.717, 1.165) is 27.0 Å². The summed E-state index contributed by atoms with van der Waals surface area (Å²) in [5.74, 6) is -0.697. The van der Waals surface area contributed by atoms with E-state index in [0.29, 0.717) is 4.47 Å². The van der Waals surface area contributed by atoms with Gasteiger partial charge in [-0.05, 0) is 25.5 Å². The highest BCUT2D eigenvalue weighted by molar-refractivity contribution is 7.89. The summed E-state index contributed by atoms with van der Waals surface area (Å²) in [6, 6.07) is 2.51. The number of hydrogen-bond acceptors (Lipinski definition) is 8. The summed E-state index contributed by atoms with van der Waals surface area (Å²) in [7, 11) is -1.98. The van der Waals surface area contributed by atoms with Gasteiger partial charge in [0.25, 0.3) is 20.9 Å². The van der Waals surface area contributed by atoms with E-state index in [-0.39, 0.29) is 28.1 Å². The van der Waals surface area contributed by atoms with Gasteiger partial charge in [-0.15, -0.1) is 0 Å². The van der Waals surface area contributed by atoms with Crippen molar-refractivity contribution in [3.05, 3.63) is 37.6 Å². The predicted octanol–water partition coefficient (Wildman–Crippen LogP) is 2.17. The van der Waals surface area contributed by atoms with E-state index < -0.39 is 31.5 Å². The molecule has 0 spiro atoms. The van der Waals surface area contributed by atoms with Crippen LogP contribution < -0.4 is 21.5 Å². The number of anilines is 3. The van der Waals surface area contributed by atoms with E-state index in [4.69, 9.17) is 11.6 Å². The van der Waals surface area contributed by atoms with Crippen LogP contribution in [0, 0.1) is 0 Å². The predicted molar refractivity (Wildman–Crippen MR) is 108 cm³/mol. The first-order chi connectivity index (χ1) is 13.1. The summed E-state index contributed by atoms with van der Waals surface area (Å²) in [5.41, 5.74) is -1.48. The molecule has 9 nitrogen and oxygen atoms in total. The lowest BCUT2D eigenvalue weighted by Crippen LogP contribution is -2.38. The summed E-state index contributed by atoms with van der Waals surface area (Å²) in [6.45, 7) is 3.86. The molecular formula is C17H22ClN3O6S. The Morgan fingerprint density at radius 3 is 2.43 bits per heavy atom. The van der Waals surface area contributed by atoms with Crippen molar-refractivity contribution in [1.29, 1.82) is 0 Å². The summed E-state index contributed by atoms with van der Waals surface area (Å²) in [6.07, 6.45) is 1.68. The molecule has 1 atom stereocenters. The van der Waals surface area contributed by atoms with Crippen LogP contribution in [0.4, 0.5) is 17.1 Å². The van der Waals surface area contributed by atoms with Crippen LogP contribution in [0.15, 0.2) is 26.6 Å². The monoisotopic (exact) mass is 431 g/mol. The molecule has 0 saturated heterocycles. The third-order valence-corrected chi connectivity index (χ3v) is 6.40. The van der Waals surface area contributed by atoms with Crippen LogP contribution >= 0.6 is 11.6 Å². The standard InChI is InChI=1S/C17H22ClN3O6S/c1-5-6-9(2)19-12-13(16(24)15(12)23)20-11-8-7-10(18)17(14(11)22)28(25,26)21(3)27-4/h7-9,19-20,22H,5-6H2,1-4H3. The topological polar surface area (TPSA) is 125 Å². The van der Waals surface area contributed by atoms with E-state index in [2.05, 4.69) is 15.5 Å². The first kappa shape index (κ1) is 22.2. The minimum atomic E-state index is -4.26. The van der Waals surface area contributed by atoms with Gasteiger partial charge in [0, 0.05) is 13.1 Å². The maximum atomic E-state index is 12.5. The molecule has 0 aliphatic carbocycles. The second-order valence-electron chi connectivity index (χ2n) is 6.24. The zero-order valence-corrected chi connectivity index (χ0v) is 17.4. The largest absolute Gasteiger partial charge is 0.504 e. The second kappa shape index (κ2) is 8.48. The van der Waals surface area contributed by atoms with Crippen LogP contribution in [0.5, 0.6) is 5.75 Å². The number of nitrogens with one attached hydrogen (secondary N) is 2. The van der Waals surface area contributed by atoms with E-state index in [9.17, 15) is 23.1 Å². The lowest BCUT2D eigenvalue weighted by Gasteiger charge is -2.21. The number of halogens is 1. The number of hydroxylamine groups is 1. The fourth-order valence-corrected chi connectivity index (χ4v) is 4.22. The molecule has 0 saturated carbocycles. The number of sulfonamides is 1. The molecule has 154 valence electrons. The van der Waals surface area contributed by atoms with Crippen molar-refractivity contribution >= 4 is 38.7 Å². The van der Waals surface area contributed by atoms with Crippen molar-refractivity contribution in [3.63, 3.8) is 0 Å². The number of hydrogen-bond donors (Lipinski definition) is 3. The van der Waals surface area contributed by atoms with Crippen LogP contribution in [0.2, 0.25) is 5.02 Å². The Labute approximate surface area is 167 Å². The van der Waals surface area contributed by atoms with Crippen molar-refractivity contribution < 1.29 is 18.4 Å². The fourth-order valence-electron chi connectivity index (χ4n) is 2.65. The molecule has 3 N–H and O–H groups in total. The first-order valence-corrected chi connectivity index (χ1v) is 10.3. The maximum absolute atomic E-state index is 12.5. The Kier molecular flexibility index (Phi) is 6.71. The van der Waals surface area contributed by atoms with Crippen molar-refractivity contribution in [3.8, 4) is 5.75 Å². The SMILES string of the molecule is CCCC(C)Nc1c(Nc2ccc(Cl)c(S(=O)(=O)N(C)OC)c2O)c(=O)c1=O. The van der Waals surface area contributed by atoms with Crippen LogP contribution in [0.3, 0.4) is 0 Å². The van der Waals surface area contributed by atoms with E-state index in [1.165, 1.54) is 12.1 Å². The second-order valence-corrected chi connectivity index (χ2v) is 8.52. The Bertz CT molecular complexity index is 1050. The molecule has 0 bridgehead atoms. The van der Waals surface area contributed by atoms with E-state index in [1.807, 2.05) is 13.8 Å². The van der Waals surface area contributed by atoms with Crippen LogP contribution in [0.25, 0.3) is 0 Å². The number of aromatic hydroxyl groups is 1. The van der Waals surface area contributed by atoms with E-state index >= 15 is 0 Å². The van der Waals surface area contributed by atoms with Crippen LogP contribution in [0.1, 0.15) is 26.7 Å². The lowest BCUT2D eigenvalue weighted by molar-refractivity contribution is -0.0259. The van der Waals surface area contributed by atoms with Gasteiger partial charge in [0.2, 0.25) is 0 Å². The Hall–Kier alpha value is -2.14. The quantitative estimate of drug-likeness (QED) is 0.313. The van der Waals surface area contributed by atoms with Crippen LogP contribution in [-0.2, 0) is 14.9 Å².